The lowest BCUT2D eigenvalue weighted by Crippen LogP contribution is -2.24. The van der Waals surface area contributed by atoms with Crippen LogP contribution in [-0.2, 0) is 11.2 Å². The molecule has 102 valence electrons. The van der Waals surface area contributed by atoms with E-state index in [9.17, 15) is 0 Å². The van der Waals surface area contributed by atoms with Gasteiger partial charge in [0.2, 0.25) is 0 Å². The third-order valence-electron chi connectivity index (χ3n) is 3.23. The first-order valence-corrected chi connectivity index (χ1v) is 7.06. The lowest BCUT2D eigenvalue weighted by molar-refractivity contribution is 0.198. The topological polar surface area (TPSA) is 21.3 Å². The largest absolute Gasteiger partial charge is 0.383 e. The Balaban J connectivity index is 1.97. The Morgan fingerprint density at radius 2 is 1.94 bits per heavy atom. The number of hydrogen-bond donors (Lipinski definition) is 1. The summed E-state index contributed by atoms with van der Waals surface area (Å²) >= 11 is 0. The van der Waals surface area contributed by atoms with Gasteiger partial charge in [0.25, 0.3) is 0 Å². The number of aryl methyl sites for hydroxylation is 1. The zero-order valence-corrected chi connectivity index (χ0v) is 11.8. The Morgan fingerprint density at radius 1 is 1.17 bits per heavy atom. The van der Waals surface area contributed by atoms with Gasteiger partial charge in [0, 0.05) is 13.7 Å². The fraction of sp³-hybridized carbons (Fsp3) is 0.625. The van der Waals surface area contributed by atoms with Gasteiger partial charge in [-0.2, -0.15) is 0 Å². The number of nitrogens with one attached hydrogen (secondary N) is 1. The molecule has 0 amide bonds. The van der Waals surface area contributed by atoms with Crippen LogP contribution in [0.4, 0.5) is 0 Å². The Hall–Kier alpha value is -0.860. The van der Waals surface area contributed by atoms with Crippen molar-refractivity contribution in [2.75, 3.05) is 26.8 Å². The van der Waals surface area contributed by atoms with E-state index in [1.165, 1.54) is 31.2 Å². The average Bonchev–Trinajstić information content (AvgIpc) is 2.41. The van der Waals surface area contributed by atoms with Crippen molar-refractivity contribution in [1.29, 1.82) is 0 Å². The Morgan fingerprint density at radius 3 is 2.67 bits per heavy atom. The van der Waals surface area contributed by atoms with Gasteiger partial charge in [-0.05, 0) is 37.3 Å². The van der Waals surface area contributed by atoms with E-state index in [0.29, 0.717) is 0 Å². The number of rotatable bonds is 10. The molecule has 1 aromatic rings. The normalized spacial score (nSPS) is 12.6. The molecule has 2 heteroatoms. The van der Waals surface area contributed by atoms with Crippen molar-refractivity contribution in [2.45, 2.75) is 32.6 Å². The van der Waals surface area contributed by atoms with Gasteiger partial charge in [0.15, 0.2) is 0 Å². The highest BCUT2D eigenvalue weighted by molar-refractivity contribution is 5.14. The highest BCUT2D eigenvalue weighted by atomic mass is 16.5. The van der Waals surface area contributed by atoms with Crippen LogP contribution in [0, 0.1) is 5.92 Å². The van der Waals surface area contributed by atoms with Crippen molar-refractivity contribution in [3.8, 4) is 0 Å². The molecule has 1 unspecified atom stereocenters. The van der Waals surface area contributed by atoms with Gasteiger partial charge in [0.05, 0.1) is 6.61 Å². The second-order valence-corrected chi connectivity index (χ2v) is 5.03. The monoisotopic (exact) mass is 249 g/mol. The zero-order chi connectivity index (χ0) is 13.1. The molecule has 1 rings (SSSR count). The number of benzene rings is 1. The van der Waals surface area contributed by atoms with Crippen molar-refractivity contribution in [3.05, 3.63) is 35.9 Å². The molecule has 0 spiro atoms. The number of methoxy groups -OCH3 is 1. The summed E-state index contributed by atoms with van der Waals surface area (Å²) in [5.41, 5.74) is 1.46. The van der Waals surface area contributed by atoms with Crippen molar-refractivity contribution >= 4 is 0 Å². The van der Waals surface area contributed by atoms with Gasteiger partial charge in [-0.15, -0.1) is 0 Å². The van der Waals surface area contributed by atoms with E-state index in [-0.39, 0.29) is 0 Å². The minimum atomic E-state index is 0.762. The average molecular weight is 249 g/mol. The molecule has 0 aliphatic heterocycles. The van der Waals surface area contributed by atoms with E-state index in [2.05, 4.69) is 42.6 Å². The highest BCUT2D eigenvalue weighted by Gasteiger charge is 2.01. The Bertz CT molecular complexity index is 286. The molecule has 0 fully saturated rings. The number of hydrogen-bond acceptors (Lipinski definition) is 2. The van der Waals surface area contributed by atoms with Crippen LogP contribution in [0.2, 0.25) is 0 Å². The molecule has 0 radical (unpaired) electrons. The van der Waals surface area contributed by atoms with E-state index in [1.807, 2.05) is 0 Å². The lowest BCUT2D eigenvalue weighted by Gasteiger charge is -2.12. The smallest absolute Gasteiger partial charge is 0.0587 e. The Kier molecular flexibility index (Phi) is 8.53. The maximum atomic E-state index is 5.01. The van der Waals surface area contributed by atoms with Crippen LogP contribution in [0.15, 0.2) is 30.3 Å². The molecular formula is C16H27NO. The van der Waals surface area contributed by atoms with Crippen LogP contribution in [-0.4, -0.2) is 26.8 Å². The quantitative estimate of drug-likeness (QED) is 0.643. The van der Waals surface area contributed by atoms with Crippen LogP contribution in [0.1, 0.15) is 31.7 Å². The molecule has 0 aliphatic rings. The van der Waals surface area contributed by atoms with Crippen LogP contribution >= 0.6 is 0 Å². The van der Waals surface area contributed by atoms with Crippen LogP contribution in [0.5, 0.6) is 0 Å². The molecule has 0 saturated heterocycles. The molecule has 0 saturated carbocycles. The van der Waals surface area contributed by atoms with Gasteiger partial charge >= 0.3 is 0 Å². The third-order valence-corrected chi connectivity index (χ3v) is 3.23. The predicted molar refractivity (Wildman–Crippen MR) is 77.9 cm³/mol. The van der Waals surface area contributed by atoms with Gasteiger partial charge in [0.1, 0.15) is 0 Å². The molecule has 2 nitrogen and oxygen atoms in total. The summed E-state index contributed by atoms with van der Waals surface area (Å²) in [7, 11) is 1.74. The summed E-state index contributed by atoms with van der Waals surface area (Å²) < 4.78 is 5.01. The van der Waals surface area contributed by atoms with E-state index in [0.717, 1.165) is 25.6 Å². The maximum absolute atomic E-state index is 5.01. The van der Waals surface area contributed by atoms with Crippen LogP contribution in [0.25, 0.3) is 0 Å². The van der Waals surface area contributed by atoms with Crippen LogP contribution in [0.3, 0.4) is 0 Å². The van der Waals surface area contributed by atoms with E-state index in [1.54, 1.807) is 7.11 Å². The molecule has 0 bridgehead atoms. The zero-order valence-electron chi connectivity index (χ0n) is 11.8. The first-order valence-electron chi connectivity index (χ1n) is 7.06. The van der Waals surface area contributed by atoms with Gasteiger partial charge < -0.3 is 10.1 Å². The minimum Gasteiger partial charge on any atom is -0.383 e. The molecular weight excluding hydrogens is 222 g/mol. The van der Waals surface area contributed by atoms with Gasteiger partial charge in [-0.3, -0.25) is 0 Å². The molecule has 1 N–H and O–H groups in total. The van der Waals surface area contributed by atoms with E-state index >= 15 is 0 Å². The van der Waals surface area contributed by atoms with Crippen molar-refractivity contribution < 1.29 is 4.74 Å². The van der Waals surface area contributed by atoms with Gasteiger partial charge in [-0.25, -0.2) is 0 Å². The molecule has 0 aromatic heterocycles. The molecule has 18 heavy (non-hydrogen) atoms. The molecule has 0 heterocycles. The second kappa shape index (κ2) is 10.1. The SMILES string of the molecule is COCCNCC(C)CCCCc1ccccc1. The lowest BCUT2D eigenvalue weighted by atomic mass is 10.0. The fourth-order valence-electron chi connectivity index (χ4n) is 2.09. The molecule has 0 aliphatic carbocycles. The van der Waals surface area contributed by atoms with E-state index < -0.39 is 0 Å². The van der Waals surface area contributed by atoms with Crippen molar-refractivity contribution in [1.82, 2.24) is 5.32 Å². The maximum Gasteiger partial charge on any atom is 0.0587 e. The van der Waals surface area contributed by atoms with Gasteiger partial charge in [-0.1, -0.05) is 43.7 Å². The minimum absolute atomic E-state index is 0.762. The highest BCUT2D eigenvalue weighted by Crippen LogP contribution is 2.10. The number of ether oxygens (including phenoxy) is 1. The fourth-order valence-corrected chi connectivity index (χ4v) is 2.09. The van der Waals surface area contributed by atoms with Crippen molar-refractivity contribution in [3.63, 3.8) is 0 Å². The van der Waals surface area contributed by atoms with E-state index in [4.69, 9.17) is 4.74 Å². The summed E-state index contributed by atoms with van der Waals surface area (Å²) in [6.45, 7) is 5.20. The van der Waals surface area contributed by atoms with Crippen LogP contribution < -0.4 is 5.32 Å². The third kappa shape index (κ3) is 7.46. The van der Waals surface area contributed by atoms with Crippen molar-refractivity contribution in [2.24, 2.45) is 5.92 Å². The predicted octanol–water partition coefficient (Wildman–Crippen LogP) is 3.27. The summed E-state index contributed by atoms with van der Waals surface area (Å²) in [4.78, 5) is 0. The summed E-state index contributed by atoms with van der Waals surface area (Å²) in [6, 6.07) is 10.8. The Labute approximate surface area is 112 Å². The summed E-state index contributed by atoms with van der Waals surface area (Å²) in [5.74, 6) is 0.762. The first kappa shape index (κ1) is 15.2. The molecule has 1 aromatic carbocycles. The summed E-state index contributed by atoms with van der Waals surface area (Å²) in [5, 5.41) is 3.42. The second-order valence-electron chi connectivity index (χ2n) is 5.03. The number of unbranched alkanes of at least 4 members (excludes halogenated alkanes) is 1. The first-order chi connectivity index (χ1) is 8.83. The molecule has 1 atom stereocenters. The summed E-state index contributed by atoms with van der Waals surface area (Å²) in [6.07, 6.45) is 5.14. The standard InChI is InChI=1S/C16H27NO/c1-15(14-17-12-13-18-2)8-6-7-11-16-9-4-3-5-10-16/h3-5,9-10,15,17H,6-8,11-14H2,1-2H3.